The van der Waals surface area contributed by atoms with Gasteiger partial charge in [-0.15, -0.1) is 0 Å². The molecule has 1 saturated heterocycles. The van der Waals surface area contributed by atoms with E-state index in [2.05, 4.69) is 18.9 Å². The van der Waals surface area contributed by atoms with E-state index >= 15 is 0 Å². The molecule has 1 aliphatic rings. The molecule has 1 aromatic carbocycles. The average molecular weight is 348 g/mol. The van der Waals surface area contributed by atoms with Crippen molar-refractivity contribution in [3.8, 4) is 11.3 Å². The number of carbonyl (C=O) groups excluding carboxylic acids is 1. The summed E-state index contributed by atoms with van der Waals surface area (Å²) in [6.07, 6.45) is 7.02. The van der Waals surface area contributed by atoms with Crippen LogP contribution in [0.2, 0.25) is 0 Å². The number of benzene rings is 1. The zero-order valence-electron chi connectivity index (χ0n) is 15.4. The van der Waals surface area contributed by atoms with Crippen LogP contribution >= 0.6 is 0 Å². The summed E-state index contributed by atoms with van der Waals surface area (Å²) in [5.74, 6) is 0.107. The highest BCUT2D eigenvalue weighted by Crippen LogP contribution is 2.28. The van der Waals surface area contributed by atoms with Gasteiger partial charge in [0.1, 0.15) is 0 Å². The molecule has 0 saturated carbocycles. The van der Waals surface area contributed by atoms with E-state index < -0.39 is 0 Å². The third kappa shape index (κ3) is 2.98. The number of fused-ring (bicyclic) bond motifs is 1. The van der Waals surface area contributed by atoms with Crippen molar-refractivity contribution in [3.63, 3.8) is 0 Å². The van der Waals surface area contributed by atoms with Gasteiger partial charge in [0, 0.05) is 36.3 Å². The maximum Gasteiger partial charge on any atom is 0.254 e. The van der Waals surface area contributed by atoms with Gasteiger partial charge in [-0.05, 0) is 38.3 Å². The molecule has 5 nitrogen and oxygen atoms in total. The van der Waals surface area contributed by atoms with E-state index in [4.69, 9.17) is 4.98 Å². The second-order valence-electron chi connectivity index (χ2n) is 7.05. The summed E-state index contributed by atoms with van der Waals surface area (Å²) in [6.45, 7) is 5.97. The second kappa shape index (κ2) is 6.90. The first-order valence-electron chi connectivity index (χ1n) is 9.41. The molecule has 0 bridgehead atoms. The molecule has 134 valence electrons. The Hall–Kier alpha value is -2.69. The van der Waals surface area contributed by atoms with Gasteiger partial charge in [0.05, 0.1) is 23.0 Å². The number of amides is 1. The van der Waals surface area contributed by atoms with Gasteiger partial charge in [-0.2, -0.15) is 5.10 Å². The number of hydrogen-bond acceptors (Lipinski definition) is 3. The number of aryl methyl sites for hydroxylation is 1. The summed E-state index contributed by atoms with van der Waals surface area (Å²) in [5.41, 5.74) is 3.35. The molecule has 1 unspecified atom stereocenters. The highest BCUT2D eigenvalue weighted by atomic mass is 16.2. The Kier molecular flexibility index (Phi) is 4.45. The Bertz CT molecular complexity index is 946. The van der Waals surface area contributed by atoms with Crippen molar-refractivity contribution in [1.82, 2.24) is 19.7 Å². The lowest BCUT2D eigenvalue weighted by Crippen LogP contribution is -2.33. The lowest BCUT2D eigenvalue weighted by Gasteiger charge is -2.22. The number of pyridine rings is 1. The standard InChI is InChI=1S/C21H24N4O/c1-3-10-24-14-16(13-22-24)20-12-18(17-8-4-5-9-19(17)23-20)21(26)25-11-6-7-15(25)2/h4-5,8-9,12-15H,3,6-7,10-11H2,1-2H3. The SMILES string of the molecule is CCCn1cc(-c2cc(C(=O)N3CCCC3C)c3ccccc3n2)cn1. The number of rotatable bonds is 4. The van der Waals surface area contributed by atoms with Gasteiger partial charge in [-0.1, -0.05) is 25.1 Å². The fourth-order valence-electron chi connectivity index (χ4n) is 3.74. The van der Waals surface area contributed by atoms with Crippen LogP contribution in [-0.4, -0.2) is 38.2 Å². The second-order valence-corrected chi connectivity index (χ2v) is 7.05. The highest BCUT2D eigenvalue weighted by molar-refractivity contribution is 6.07. The van der Waals surface area contributed by atoms with Crippen molar-refractivity contribution in [2.24, 2.45) is 0 Å². The summed E-state index contributed by atoms with van der Waals surface area (Å²) < 4.78 is 1.93. The van der Waals surface area contributed by atoms with Gasteiger partial charge in [0.2, 0.25) is 0 Å². The van der Waals surface area contributed by atoms with E-state index in [0.29, 0.717) is 6.04 Å². The van der Waals surface area contributed by atoms with Gasteiger partial charge in [-0.25, -0.2) is 4.98 Å². The van der Waals surface area contributed by atoms with E-state index in [0.717, 1.165) is 60.1 Å². The van der Waals surface area contributed by atoms with Crippen molar-refractivity contribution >= 4 is 16.8 Å². The predicted octanol–water partition coefficient (Wildman–Crippen LogP) is 4.13. The zero-order chi connectivity index (χ0) is 18.1. The molecule has 0 spiro atoms. The quantitative estimate of drug-likeness (QED) is 0.712. The van der Waals surface area contributed by atoms with Crippen LogP contribution in [0, 0.1) is 0 Å². The maximum atomic E-state index is 13.2. The van der Waals surface area contributed by atoms with E-state index in [9.17, 15) is 4.79 Å². The van der Waals surface area contributed by atoms with Gasteiger partial charge in [0.25, 0.3) is 5.91 Å². The first-order chi connectivity index (χ1) is 12.7. The summed E-state index contributed by atoms with van der Waals surface area (Å²) in [7, 11) is 0. The number of likely N-dealkylation sites (tertiary alicyclic amines) is 1. The molecule has 4 rings (SSSR count). The van der Waals surface area contributed by atoms with Crippen LogP contribution in [0.15, 0.2) is 42.7 Å². The molecule has 0 N–H and O–H groups in total. The summed E-state index contributed by atoms with van der Waals surface area (Å²) in [6, 6.07) is 10.1. The number of nitrogens with zero attached hydrogens (tertiary/aromatic N) is 4. The third-order valence-electron chi connectivity index (χ3n) is 5.14. The molecule has 5 heteroatoms. The van der Waals surface area contributed by atoms with Crippen LogP contribution in [0.5, 0.6) is 0 Å². The highest BCUT2D eigenvalue weighted by Gasteiger charge is 2.27. The molecule has 26 heavy (non-hydrogen) atoms. The molecule has 0 radical (unpaired) electrons. The molecule has 3 heterocycles. The van der Waals surface area contributed by atoms with E-state index in [1.165, 1.54) is 0 Å². The normalized spacial score (nSPS) is 17.2. The molecule has 0 aliphatic carbocycles. The van der Waals surface area contributed by atoms with E-state index in [1.54, 1.807) is 0 Å². The topological polar surface area (TPSA) is 51.0 Å². The lowest BCUT2D eigenvalue weighted by atomic mass is 10.0. The van der Waals surface area contributed by atoms with Gasteiger partial charge in [0.15, 0.2) is 0 Å². The van der Waals surface area contributed by atoms with Gasteiger partial charge >= 0.3 is 0 Å². The van der Waals surface area contributed by atoms with Crippen LogP contribution in [-0.2, 0) is 6.54 Å². The summed E-state index contributed by atoms with van der Waals surface area (Å²) >= 11 is 0. The van der Waals surface area contributed by atoms with Crippen molar-refractivity contribution in [2.75, 3.05) is 6.54 Å². The van der Waals surface area contributed by atoms with Crippen LogP contribution in [0.4, 0.5) is 0 Å². The smallest absolute Gasteiger partial charge is 0.254 e. The molecular weight excluding hydrogens is 324 g/mol. The number of para-hydroxylation sites is 1. The molecule has 1 fully saturated rings. The fraction of sp³-hybridized carbons (Fsp3) is 0.381. The number of aromatic nitrogens is 3. The third-order valence-corrected chi connectivity index (χ3v) is 5.14. The average Bonchev–Trinajstić information content (AvgIpc) is 3.29. The fourth-order valence-corrected chi connectivity index (χ4v) is 3.74. The van der Waals surface area contributed by atoms with E-state index in [1.807, 2.05) is 52.3 Å². The number of carbonyl (C=O) groups is 1. The minimum atomic E-state index is 0.107. The molecule has 2 aromatic heterocycles. The predicted molar refractivity (Wildman–Crippen MR) is 103 cm³/mol. The molecule has 1 atom stereocenters. The Morgan fingerprint density at radius 3 is 2.92 bits per heavy atom. The molecule has 3 aromatic rings. The van der Waals surface area contributed by atoms with E-state index in [-0.39, 0.29) is 5.91 Å². The monoisotopic (exact) mass is 348 g/mol. The molecule has 1 amide bonds. The Morgan fingerprint density at radius 1 is 1.31 bits per heavy atom. The van der Waals surface area contributed by atoms with Gasteiger partial charge < -0.3 is 4.90 Å². The molecular formula is C21H24N4O. The van der Waals surface area contributed by atoms with Crippen molar-refractivity contribution < 1.29 is 4.79 Å². The minimum Gasteiger partial charge on any atom is -0.336 e. The first kappa shape index (κ1) is 16.8. The van der Waals surface area contributed by atoms with Crippen molar-refractivity contribution in [1.29, 1.82) is 0 Å². The molecule has 1 aliphatic heterocycles. The van der Waals surface area contributed by atoms with Crippen LogP contribution < -0.4 is 0 Å². The summed E-state index contributed by atoms with van der Waals surface area (Å²) in [4.78, 5) is 20.0. The minimum absolute atomic E-state index is 0.107. The van der Waals surface area contributed by atoms with Gasteiger partial charge in [-0.3, -0.25) is 9.48 Å². The summed E-state index contributed by atoms with van der Waals surface area (Å²) in [5, 5.41) is 5.33. The Morgan fingerprint density at radius 2 is 2.15 bits per heavy atom. The van der Waals surface area contributed by atoms with Crippen LogP contribution in [0.25, 0.3) is 22.2 Å². The first-order valence-corrected chi connectivity index (χ1v) is 9.41. The Balaban J connectivity index is 1.81. The maximum absolute atomic E-state index is 13.2. The van der Waals surface area contributed by atoms with Crippen LogP contribution in [0.1, 0.15) is 43.5 Å². The van der Waals surface area contributed by atoms with Crippen LogP contribution in [0.3, 0.4) is 0 Å². The number of hydrogen-bond donors (Lipinski definition) is 0. The zero-order valence-corrected chi connectivity index (χ0v) is 15.4. The Labute approximate surface area is 153 Å². The van der Waals surface area contributed by atoms with Crippen molar-refractivity contribution in [3.05, 3.63) is 48.3 Å². The van der Waals surface area contributed by atoms with Crippen molar-refractivity contribution in [2.45, 2.75) is 45.7 Å². The largest absolute Gasteiger partial charge is 0.336 e. The lowest BCUT2D eigenvalue weighted by molar-refractivity contribution is 0.0749.